The van der Waals surface area contributed by atoms with Crippen molar-refractivity contribution in [2.45, 2.75) is 13.5 Å². The molecule has 2 aromatic carbocycles. The van der Waals surface area contributed by atoms with Crippen LogP contribution in [-0.2, 0) is 20.9 Å². The Bertz CT molecular complexity index is 1140. The minimum absolute atomic E-state index is 0.0339. The van der Waals surface area contributed by atoms with Gasteiger partial charge in [0.15, 0.2) is 18.1 Å². The number of methoxy groups -OCH3 is 1. The second-order valence-corrected chi connectivity index (χ2v) is 9.32. The highest BCUT2D eigenvalue weighted by Gasteiger charge is 2.35. The normalized spacial score (nSPS) is 14.7. The van der Waals surface area contributed by atoms with Crippen LogP contribution in [0.3, 0.4) is 0 Å². The first kappa shape index (κ1) is 25.4. The Kier molecular flexibility index (Phi) is 8.69. The van der Waals surface area contributed by atoms with Crippen molar-refractivity contribution in [2.75, 3.05) is 20.3 Å². The highest BCUT2D eigenvalue weighted by Crippen LogP contribution is 2.40. The van der Waals surface area contributed by atoms with E-state index < -0.39 is 17.1 Å². The summed E-state index contributed by atoms with van der Waals surface area (Å²) < 4.78 is 16.2. The lowest BCUT2D eigenvalue weighted by Crippen LogP contribution is -2.27. The number of hydrogen-bond donors (Lipinski definition) is 0. The van der Waals surface area contributed by atoms with Gasteiger partial charge >= 0.3 is 5.97 Å². The number of amides is 2. The molecule has 0 saturated carbocycles. The summed E-state index contributed by atoms with van der Waals surface area (Å²) in [5.41, 5.74) is 1.21. The van der Waals surface area contributed by atoms with Crippen molar-refractivity contribution in [1.29, 1.82) is 0 Å². The molecule has 0 N–H and O–H groups in total. The molecule has 11 heteroatoms. The van der Waals surface area contributed by atoms with E-state index in [1.54, 1.807) is 43.3 Å². The molecule has 3 rings (SSSR count). The fourth-order valence-corrected chi connectivity index (χ4v) is 4.75. The number of ether oxygens (including phenoxy) is 3. The minimum Gasteiger partial charge on any atom is -0.490 e. The van der Waals surface area contributed by atoms with E-state index in [1.165, 1.54) is 7.11 Å². The highest BCUT2D eigenvalue weighted by molar-refractivity contribution is 9.10. The number of rotatable bonds is 8. The fourth-order valence-electron chi connectivity index (χ4n) is 2.87. The fraction of sp³-hybridized carbons (Fsp3) is 0.227. The zero-order valence-electron chi connectivity index (χ0n) is 17.5. The molecule has 0 unspecified atom stereocenters. The van der Waals surface area contributed by atoms with Gasteiger partial charge in [-0.1, -0.05) is 29.3 Å². The molecule has 1 saturated heterocycles. The van der Waals surface area contributed by atoms with E-state index in [2.05, 4.69) is 20.7 Å². The molecular formula is C22H18BrCl2NO6S. The molecule has 0 aromatic heterocycles. The first-order valence-corrected chi connectivity index (χ1v) is 11.9. The van der Waals surface area contributed by atoms with Crippen molar-refractivity contribution in [3.05, 3.63) is 60.9 Å². The van der Waals surface area contributed by atoms with Crippen molar-refractivity contribution < 1.29 is 28.6 Å². The van der Waals surface area contributed by atoms with Gasteiger partial charge in [0.2, 0.25) is 0 Å². The first-order valence-electron chi connectivity index (χ1n) is 9.58. The van der Waals surface area contributed by atoms with E-state index >= 15 is 0 Å². The zero-order valence-corrected chi connectivity index (χ0v) is 21.4. The number of halogens is 3. The molecule has 1 aliphatic heterocycles. The Morgan fingerprint density at radius 3 is 2.61 bits per heavy atom. The number of esters is 1. The third kappa shape index (κ3) is 6.23. The maximum atomic E-state index is 12.9. The summed E-state index contributed by atoms with van der Waals surface area (Å²) in [5.74, 6) is -0.280. The molecule has 0 spiro atoms. The molecule has 0 atom stereocenters. The van der Waals surface area contributed by atoms with Gasteiger partial charge in [0, 0.05) is 10.0 Å². The Balaban J connectivity index is 1.85. The second kappa shape index (κ2) is 11.3. The van der Waals surface area contributed by atoms with Crippen molar-refractivity contribution in [1.82, 2.24) is 4.90 Å². The third-order valence-corrected chi connectivity index (χ3v) is 6.49. The van der Waals surface area contributed by atoms with E-state index in [4.69, 9.17) is 32.7 Å². The number of carbonyl (C=O) groups excluding carboxylic acids is 3. The number of imide groups is 1. The van der Waals surface area contributed by atoms with Gasteiger partial charge in [-0.2, -0.15) is 0 Å². The maximum absolute atomic E-state index is 12.9. The molecule has 0 bridgehead atoms. The Labute approximate surface area is 213 Å². The van der Waals surface area contributed by atoms with Crippen LogP contribution in [0.4, 0.5) is 4.79 Å². The summed E-state index contributed by atoms with van der Waals surface area (Å²) in [6.07, 6.45) is 1.59. The highest BCUT2D eigenvalue weighted by atomic mass is 79.9. The van der Waals surface area contributed by atoms with E-state index in [0.29, 0.717) is 43.8 Å². The van der Waals surface area contributed by atoms with Crippen LogP contribution in [0.2, 0.25) is 10.0 Å². The minimum atomic E-state index is -0.539. The number of hydrogen-bond acceptors (Lipinski definition) is 7. The van der Waals surface area contributed by atoms with E-state index in [1.807, 2.05) is 0 Å². The monoisotopic (exact) mass is 573 g/mol. The topological polar surface area (TPSA) is 82.1 Å². The van der Waals surface area contributed by atoms with Crippen LogP contribution < -0.4 is 9.47 Å². The largest absolute Gasteiger partial charge is 0.490 e. The van der Waals surface area contributed by atoms with Crippen molar-refractivity contribution in [3.63, 3.8) is 0 Å². The molecule has 0 radical (unpaired) electrons. The summed E-state index contributed by atoms with van der Waals surface area (Å²) in [4.78, 5) is 38.2. The van der Waals surface area contributed by atoms with Crippen molar-refractivity contribution in [2.24, 2.45) is 0 Å². The number of carbonyl (C=O) groups is 3. The predicted octanol–water partition coefficient (Wildman–Crippen LogP) is 5.94. The van der Waals surface area contributed by atoms with Crippen LogP contribution in [0, 0.1) is 0 Å². The van der Waals surface area contributed by atoms with E-state index in [9.17, 15) is 14.4 Å². The van der Waals surface area contributed by atoms with Gasteiger partial charge in [-0.05, 0) is 76.1 Å². The molecule has 33 heavy (non-hydrogen) atoms. The van der Waals surface area contributed by atoms with Crippen LogP contribution in [0.5, 0.6) is 11.5 Å². The lowest BCUT2D eigenvalue weighted by molar-refractivity contribution is -0.143. The zero-order chi connectivity index (χ0) is 24.1. The van der Waals surface area contributed by atoms with Gasteiger partial charge in [-0.25, -0.2) is 4.79 Å². The maximum Gasteiger partial charge on any atom is 0.343 e. The van der Waals surface area contributed by atoms with Crippen LogP contribution in [0.1, 0.15) is 18.1 Å². The summed E-state index contributed by atoms with van der Waals surface area (Å²) in [7, 11) is 1.27. The standard InChI is InChI=1S/C22H18BrCl2NO6S/c1-3-31-17-7-12(6-15(23)20(17)32-11-19(27)30-2)8-18-21(28)26(22(29)33-18)10-13-4-5-14(24)9-16(13)25/h4-9H,3,10-11H2,1-2H3/b18-8-. The molecule has 2 aromatic rings. The van der Waals surface area contributed by atoms with Crippen molar-refractivity contribution >= 4 is 74.1 Å². The second-order valence-electron chi connectivity index (χ2n) is 6.63. The van der Waals surface area contributed by atoms with Gasteiger partial charge in [-0.3, -0.25) is 14.5 Å². The van der Waals surface area contributed by atoms with Gasteiger partial charge in [0.05, 0.1) is 29.6 Å². The SMILES string of the molecule is CCOc1cc(/C=C2\SC(=O)N(Cc3ccc(Cl)cc3Cl)C2=O)cc(Br)c1OCC(=O)OC. The molecule has 2 amide bonds. The number of thioether (sulfide) groups is 1. The summed E-state index contributed by atoms with van der Waals surface area (Å²) >= 11 is 16.3. The van der Waals surface area contributed by atoms with Crippen LogP contribution >= 0.6 is 50.9 Å². The summed E-state index contributed by atoms with van der Waals surface area (Å²) in [6, 6.07) is 8.23. The Morgan fingerprint density at radius 1 is 1.18 bits per heavy atom. The van der Waals surface area contributed by atoms with Gasteiger partial charge in [0.1, 0.15) is 0 Å². The Hall–Kier alpha value is -2.20. The third-order valence-electron chi connectivity index (χ3n) is 4.41. The van der Waals surface area contributed by atoms with Crippen molar-refractivity contribution in [3.8, 4) is 11.5 Å². The molecule has 1 aliphatic rings. The first-order chi connectivity index (χ1) is 15.7. The van der Waals surface area contributed by atoms with Gasteiger partial charge < -0.3 is 14.2 Å². The average molecular weight is 575 g/mol. The average Bonchev–Trinajstić information content (AvgIpc) is 3.02. The predicted molar refractivity (Wildman–Crippen MR) is 131 cm³/mol. The van der Waals surface area contributed by atoms with Gasteiger partial charge in [0.25, 0.3) is 11.1 Å². The molecule has 7 nitrogen and oxygen atoms in total. The number of benzene rings is 2. The smallest absolute Gasteiger partial charge is 0.343 e. The van der Waals surface area contributed by atoms with Crippen LogP contribution in [0.15, 0.2) is 39.7 Å². The molecule has 1 fully saturated rings. The Morgan fingerprint density at radius 2 is 1.94 bits per heavy atom. The molecular weight excluding hydrogens is 557 g/mol. The lowest BCUT2D eigenvalue weighted by Gasteiger charge is -2.14. The van der Waals surface area contributed by atoms with Crippen LogP contribution in [0.25, 0.3) is 6.08 Å². The van der Waals surface area contributed by atoms with E-state index in [0.717, 1.165) is 16.7 Å². The van der Waals surface area contributed by atoms with E-state index in [-0.39, 0.29) is 18.1 Å². The summed E-state index contributed by atoms with van der Waals surface area (Å²) in [6.45, 7) is 1.90. The molecule has 1 heterocycles. The lowest BCUT2D eigenvalue weighted by atomic mass is 10.1. The molecule has 0 aliphatic carbocycles. The van der Waals surface area contributed by atoms with Crippen LogP contribution in [-0.4, -0.2) is 42.3 Å². The molecule has 174 valence electrons. The number of nitrogens with zero attached hydrogens (tertiary/aromatic N) is 1. The summed E-state index contributed by atoms with van der Waals surface area (Å²) in [5, 5.41) is 0.435. The van der Waals surface area contributed by atoms with Gasteiger partial charge in [-0.15, -0.1) is 0 Å². The quantitative estimate of drug-likeness (QED) is 0.285.